The van der Waals surface area contributed by atoms with Crippen LogP contribution >= 0.6 is 15.9 Å². The second-order valence-electron chi connectivity index (χ2n) is 5.78. The monoisotopic (exact) mass is 486 g/mol. The van der Waals surface area contributed by atoms with Gasteiger partial charge in [0, 0.05) is 10.2 Å². The molecule has 1 amide bonds. The van der Waals surface area contributed by atoms with E-state index in [-0.39, 0.29) is 21.5 Å². The number of hydrogen-bond donors (Lipinski definition) is 1. The van der Waals surface area contributed by atoms with Crippen molar-refractivity contribution in [3.63, 3.8) is 0 Å². The summed E-state index contributed by atoms with van der Waals surface area (Å²) in [6, 6.07) is 8.81. The van der Waals surface area contributed by atoms with Crippen molar-refractivity contribution in [3.05, 3.63) is 51.8 Å². The topological polar surface area (TPSA) is 137 Å². The molecule has 2 rings (SSSR count). The molecule has 0 spiro atoms. The van der Waals surface area contributed by atoms with Gasteiger partial charge in [-0.3, -0.25) is 4.79 Å². The number of anilines is 2. The Labute approximate surface area is 171 Å². The van der Waals surface area contributed by atoms with Crippen molar-refractivity contribution in [3.8, 4) is 6.07 Å². The van der Waals surface area contributed by atoms with Gasteiger partial charge in [-0.05, 0) is 53.2 Å². The van der Waals surface area contributed by atoms with Gasteiger partial charge < -0.3 is 5.32 Å². The summed E-state index contributed by atoms with van der Waals surface area (Å²) in [5.74, 6) is -0.546. The van der Waals surface area contributed by atoms with E-state index in [1.165, 1.54) is 30.3 Å². The van der Waals surface area contributed by atoms with E-state index < -0.39 is 26.0 Å². The number of amides is 1. The zero-order chi connectivity index (χ0) is 21.3. The number of carbonyl (C=O) groups is 1. The summed E-state index contributed by atoms with van der Waals surface area (Å²) in [5.41, 5.74) is 1.02. The van der Waals surface area contributed by atoms with Crippen molar-refractivity contribution >= 4 is 53.3 Å². The number of halogens is 1. The molecule has 1 aromatic carbocycles. The van der Waals surface area contributed by atoms with Gasteiger partial charge in [-0.2, -0.15) is 8.97 Å². The van der Waals surface area contributed by atoms with Crippen LogP contribution in [0.5, 0.6) is 0 Å². The fourth-order valence-corrected chi connectivity index (χ4v) is 6.13. The number of hydrogen-bond acceptors (Lipinski definition) is 7. The molecule has 28 heavy (non-hydrogen) atoms. The Bertz CT molecular complexity index is 1170. The van der Waals surface area contributed by atoms with Crippen molar-refractivity contribution in [1.82, 2.24) is 4.98 Å². The Balaban J connectivity index is 2.36. The maximum atomic E-state index is 12.3. The molecule has 0 bridgehead atoms. The highest BCUT2D eigenvalue weighted by Gasteiger charge is 2.29. The third-order valence-corrected chi connectivity index (χ3v) is 7.30. The van der Waals surface area contributed by atoms with E-state index in [4.69, 9.17) is 5.26 Å². The highest BCUT2D eigenvalue weighted by molar-refractivity contribution is 9.10. The molecule has 148 valence electrons. The largest absolute Gasteiger partial charge is 0.321 e. The summed E-state index contributed by atoms with van der Waals surface area (Å²) < 4.78 is 48.0. The molecule has 0 aliphatic rings. The molecule has 1 heterocycles. The minimum Gasteiger partial charge on any atom is -0.321 e. The van der Waals surface area contributed by atoms with Crippen LogP contribution in [0.15, 0.2) is 34.8 Å². The summed E-state index contributed by atoms with van der Waals surface area (Å²) in [6.07, 6.45) is 1.55. The van der Waals surface area contributed by atoms with Crippen LogP contribution in [0.2, 0.25) is 0 Å². The predicted octanol–water partition coefficient (Wildman–Crippen LogP) is 2.00. The summed E-state index contributed by atoms with van der Waals surface area (Å²) in [4.78, 5) is 16.4. The zero-order valence-electron chi connectivity index (χ0n) is 15.0. The quantitative estimate of drug-likeness (QED) is 0.681. The number of nitrogens with zero attached hydrogens (tertiary/aromatic N) is 3. The van der Waals surface area contributed by atoms with Crippen LogP contribution < -0.4 is 9.03 Å². The first-order valence-electron chi connectivity index (χ1n) is 7.53. The highest BCUT2D eigenvalue weighted by atomic mass is 79.9. The fourth-order valence-electron chi connectivity index (χ4n) is 2.34. The van der Waals surface area contributed by atoms with Crippen LogP contribution in [0.4, 0.5) is 11.4 Å². The van der Waals surface area contributed by atoms with Crippen molar-refractivity contribution in [2.45, 2.75) is 6.92 Å². The van der Waals surface area contributed by atoms with E-state index in [0.717, 1.165) is 12.5 Å². The normalized spacial score (nSPS) is 11.5. The molecule has 0 aliphatic heterocycles. The number of aromatic nitrogens is 1. The number of nitrogens with one attached hydrogen (secondary N) is 1. The molecule has 0 radical (unpaired) electrons. The van der Waals surface area contributed by atoms with Crippen LogP contribution in [0.3, 0.4) is 0 Å². The van der Waals surface area contributed by atoms with Gasteiger partial charge in [0.2, 0.25) is 20.0 Å². The van der Waals surface area contributed by atoms with Crippen molar-refractivity contribution < 1.29 is 21.6 Å². The van der Waals surface area contributed by atoms with Crippen LogP contribution in [0.1, 0.15) is 21.7 Å². The van der Waals surface area contributed by atoms with E-state index in [9.17, 15) is 21.6 Å². The second kappa shape index (κ2) is 7.86. The Kier molecular flexibility index (Phi) is 6.12. The van der Waals surface area contributed by atoms with Crippen LogP contribution in [0, 0.1) is 18.3 Å². The number of nitriles is 1. The number of benzene rings is 1. The van der Waals surface area contributed by atoms with Crippen LogP contribution in [0.25, 0.3) is 0 Å². The highest BCUT2D eigenvalue weighted by Crippen LogP contribution is 2.32. The lowest BCUT2D eigenvalue weighted by Crippen LogP contribution is -2.35. The average molecular weight is 487 g/mol. The Morgan fingerprint density at radius 2 is 1.75 bits per heavy atom. The van der Waals surface area contributed by atoms with Crippen molar-refractivity contribution in [2.75, 3.05) is 21.5 Å². The molecule has 0 unspecified atom stereocenters. The SMILES string of the molecule is Cc1nc(C(=O)Nc2ccc(N(S(C)(=O)=O)S(C)(=O)=O)c(Br)c2)ccc1C#N. The molecule has 9 nitrogen and oxygen atoms in total. The zero-order valence-corrected chi connectivity index (χ0v) is 18.2. The third-order valence-electron chi connectivity index (χ3n) is 3.44. The van der Waals surface area contributed by atoms with E-state index in [2.05, 4.69) is 26.2 Å². The average Bonchev–Trinajstić information content (AvgIpc) is 2.54. The van der Waals surface area contributed by atoms with Crippen molar-refractivity contribution in [1.29, 1.82) is 5.26 Å². The lowest BCUT2D eigenvalue weighted by Gasteiger charge is -2.21. The Hall–Kier alpha value is -2.49. The maximum Gasteiger partial charge on any atom is 0.274 e. The summed E-state index contributed by atoms with van der Waals surface area (Å²) in [6.45, 7) is 1.60. The molecule has 12 heteroatoms. The summed E-state index contributed by atoms with van der Waals surface area (Å²) >= 11 is 3.14. The maximum absolute atomic E-state index is 12.3. The minimum absolute atomic E-state index is 0.0885. The number of aryl methyl sites for hydroxylation is 1. The number of pyridine rings is 1. The molecular formula is C16H15BrN4O5S2. The van der Waals surface area contributed by atoms with Gasteiger partial charge in [0.05, 0.1) is 29.5 Å². The van der Waals surface area contributed by atoms with Crippen LogP contribution in [-0.4, -0.2) is 40.2 Å². The van der Waals surface area contributed by atoms with Crippen molar-refractivity contribution in [2.24, 2.45) is 0 Å². The van der Waals surface area contributed by atoms with E-state index in [1.807, 2.05) is 6.07 Å². The minimum atomic E-state index is -4.10. The fraction of sp³-hybridized carbons (Fsp3) is 0.188. The molecule has 0 aliphatic carbocycles. The number of rotatable bonds is 5. The van der Waals surface area contributed by atoms with E-state index in [1.54, 1.807) is 6.92 Å². The Morgan fingerprint density at radius 3 is 2.21 bits per heavy atom. The molecule has 0 saturated heterocycles. The van der Waals surface area contributed by atoms with Crippen LogP contribution in [-0.2, 0) is 20.0 Å². The molecule has 1 N–H and O–H groups in total. The van der Waals surface area contributed by atoms with Gasteiger partial charge in [-0.1, -0.05) is 0 Å². The smallest absolute Gasteiger partial charge is 0.274 e. The third kappa shape index (κ3) is 4.86. The molecule has 0 atom stereocenters. The molecule has 1 aromatic heterocycles. The van der Waals surface area contributed by atoms with Gasteiger partial charge in [-0.25, -0.2) is 21.8 Å². The number of carbonyl (C=O) groups excluding carboxylic acids is 1. The second-order valence-corrected chi connectivity index (χ2v) is 10.5. The lowest BCUT2D eigenvalue weighted by atomic mass is 10.2. The predicted molar refractivity (Wildman–Crippen MR) is 108 cm³/mol. The Morgan fingerprint density at radius 1 is 1.14 bits per heavy atom. The molecule has 0 saturated carbocycles. The van der Waals surface area contributed by atoms with Gasteiger partial charge in [0.15, 0.2) is 0 Å². The van der Waals surface area contributed by atoms with Gasteiger partial charge in [-0.15, -0.1) is 0 Å². The first-order chi connectivity index (χ1) is 12.8. The van der Waals surface area contributed by atoms with E-state index in [0.29, 0.717) is 15.0 Å². The first kappa shape index (κ1) is 21.8. The summed E-state index contributed by atoms with van der Waals surface area (Å²) in [7, 11) is -8.19. The number of sulfonamides is 2. The van der Waals surface area contributed by atoms with E-state index >= 15 is 0 Å². The van der Waals surface area contributed by atoms with Gasteiger partial charge in [0.1, 0.15) is 11.8 Å². The summed E-state index contributed by atoms with van der Waals surface area (Å²) in [5, 5.41) is 11.5. The first-order valence-corrected chi connectivity index (χ1v) is 12.0. The van der Waals surface area contributed by atoms with Gasteiger partial charge in [0.25, 0.3) is 5.91 Å². The lowest BCUT2D eigenvalue weighted by molar-refractivity contribution is 0.102. The molecule has 2 aromatic rings. The molecule has 0 fully saturated rings. The molecular weight excluding hydrogens is 472 g/mol. The standard InChI is InChI=1S/C16H15BrN4O5S2/c1-10-11(9-18)4-6-14(19-10)16(22)20-12-5-7-15(13(17)8-12)21(27(2,23)24)28(3,25)26/h4-8H,1-3H3,(H,20,22). The van der Waals surface area contributed by atoms with Gasteiger partial charge >= 0.3 is 0 Å².